The van der Waals surface area contributed by atoms with Crippen LogP contribution in [0, 0.1) is 0 Å². The van der Waals surface area contributed by atoms with Crippen molar-refractivity contribution < 1.29 is 13.0 Å². The Morgan fingerprint density at radius 3 is 2.48 bits per heavy atom. The van der Waals surface area contributed by atoms with E-state index in [-0.39, 0.29) is 4.90 Å². The van der Waals surface area contributed by atoms with E-state index in [0.29, 0.717) is 16.6 Å². The molecule has 0 aliphatic carbocycles. The van der Waals surface area contributed by atoms with Crippen LogP contribution >= 0.6 is 0 Å². The van der Waals surface area contributed by atoms with Crippen molar-refractivity contribution in [3.63, 3.8) is 0 Å². The van der Waals surface area contributed by atoms with Gasteiger partial charge in [0.05, 0.1) is 22.1 Å². The van der Waals surface area contributed by atoms with Crippen molar-refractivity contribution in [2.24, 2.45) is 0 Å². The van der Waals surface area contributed by atoms with Crippen molar-refractivity contribution in [1.82, 2.24) is 13.7 Å². The van der Waals surface area contributed by atoms with Gasteiger partial charge in [-0.15, -0.1) is 4.72 Å². The van der Waals surface area contributed by atoms with Gasteiger partial charge in [0.1, 0.15) is 4.75 Å². The van der Waals surface area contributed by atoms with Crippen LogP contribution in [0.5, 0.6) is 0 Å². The van der Waals surface area contributed by atoms with E-state index in [1.165, 1.54) is 3.97 Å². The van der Waals surface area contributed by atoms with E-state index in [1.807, 2.05) is 27.7 Å². The van der Waals surface area contributed by atoms with E-state index < -0.39 is 32.2 Å². The smallest absolute Gasteiger partial charge is 0.268 e. The minimum Gasteiger partial charge on any atom is -0.598 e. The molecule has 6 nitrogen and oxygen atoms in total. The van der Waals surface area contributed by atoms with Crippen LogP contribution in [0.2, 0.25) is 0 Å². The van der Waals surface area contributed by atoms with E-state index in [4.69, 9.17) is 0 Å². The standard InChI is InChI=1S/C19H23N3O3S2/c1-14(21-26(23)19(2,3)4)18-12-15-13-20-11-10-17(15)22(18)27(24,25)16-8-6-5-7-9-16/h5-14,21H,1-4H3/t14?,26-/m1/s1. The molecule has 3 aromatic rings. The highest BCUT2D eigenvalue weighted by Gasteiger charge is 2.31. The summed E-state index contributed by atoms with van der Waals surface area (Å²) in [6.45, 7) is 7.40. The number of nitrogens with one attached hydrogen (secondary N) is 1. The molecule has 2 aromatic heterocycles. The molecule has 1 N–H and O–H groups in total. The van der Waals surface area contributed by atoms with Gasteiger partial charge in [-0.1, -0.05) is 18.2 Å². The molecule has 3 rings (SSSR count). The summed E-state index contributed by atoms with van der Waals surface area (Å²) < 4.78 is 43.1. The summed E-state index contributed by atoms with van der Waals surface area (Å²) in [5.74, 6) is 0. The van der Waals surface area contributed by atoms with Crippen LogP contribution in [0.4, 0.5) is 0 Å². The molecule has 0 aliphatic rings. The molecule has 0 bridgehead atoms. The number of nitrogens with zero attached hydrogens (tertiary/aromatic N) is 2. The molecule has 0 saturated carbocycles. The third-order valence-corrected chi connectivity index (χ3v) is 7.59. The summed E-state index contributed by atoms with van der Waals surface area (Å²) >= 11 is -1.34. The van der Waals surface area contributed by atoms with Gasteiger partial charge in [-0.3, -0.25) is 4.98 Å². The Morgan fingerprint density at radius 1 is 1.19 bits per heavy atom. The van der Waals surface area contributed by atoms with Crippen molar-refractivity contribution in [3.05, 3.63) is 60.6 Å². The minimum atomic E-state index is -3.82. The van der Waals surface area contributed by atoms with Gasteiger partial charge in [-0.25, -0.2) is 12.4 Å². The molecule has 0 aliphatic heterocycles. The van der Waals surface area contributed by atoms with Gasteiger partial charge in [0.15, 0.2) is 0 Å². The molecule has 144 valence electrons. The zero-order chi connectivity index (χ0) is 19.8. The predicted octanol–water partition coefficient (Wildman–Crippen LogP) is 3.39. The van der Waals surface area contributed by atoms with Crippen LogP contribution in [-0.4, -0.2) is 26.7 Å². The number of aromatic nitrogens is 2. The number of hydrogen-bond donors (Lipinski definition) is 1. The van der Waals surface area contributed by atoms with E-state index in [0.717, 1.165) is 0 Å². The van der Waals surface area contributed by atoms with E-state index >= 15 is 0 Å². The topological polar surface area (TPSA) is 87.0 Å². The fourth-order valence-electron chi connectivity index (χ4n) is 2.72. The third-order valence-electron chi connectivity index (χ3n) is 4.15. The maximum atomic E-state index is 13.4. The molecule has 0 radical (unpaired) electrons. The Morgan fingerprint density at radius 2 is 1.85 bits per heavy atom. The average Bonchev–Trinajstić information content (AvgIpc) is 3.02. The lowest BCUT2D eigenvalue weighted by Crippen LogP contribution is -2.41. The van der Waals surface area contributed by atoms with Crippen molar-refractivity contribution in [3.8, 4) is 0 Å². The molecule has 2 heterocycles. The Labute approximate surface area is 163 Å². The molecule has 1 unspecified atom stereocenters. The van der Waals surface area contributed by atoms with E-state index in [1.54, 1.807) is 54.9 Å². The van der Waals surface area contributed by atoms with Gasteiger partial charge in [-0.2, -0.15) is 0 Å². The molecular formula is C19H23N3O3S2. The first-order valence-corrected chi connectivity index (χ1v) is 11.2. The summed E-state index contributed by atoms with van der Waals surface area (Å²) in [6.07, 6.45) is 3.19. The van der Waals surface area contributed by atoms with Gasteiger partial charge in [0, 0.05) is 29.1 Å². The number of hydrogen-bond acceptors (Lipinski definition) is 5. The quantitative estimate of drug-likeness (QED) is 0.658. The first-order valence-electron chi connectivity index (χ1n) is 8.56. The Bertz CT molecular complexity index is 1040. The Kier molecular flexibility index (Phi) is 5.36. The number of fused-ring (bicyclic) bond motifs is 1. The summed E-state index contributed by atoms with van der Waals surface area (Å²) in [4.78, 5) is 4.29. The third kappa shape index (κ3) is 3.89. The number of benzene rings is 1. The summed E-state index contributed by atoms with van der Waals surface area (Å²) in [7, 11) is -3.82. The van der Waals surface area contributed by atoms with E-state index in [9.17, 15) is 13.0 Å². The van der Waals surface area contributed by atoms with Crippen molar-refractivity contribution >= 4 is 32.3 Å². The Hall–Kier alpha value is -1.87. The highest BCUT2D eigenvalue weighted by molar-refractivity contribution is 7.91. The first kappa shape index (κ1) is 19.9. The van der Waals surface area contributed by atoms with Gasteiger partial charge in [0.25, 0.3) is 10.0 Å². The van der Waals surface area contributed by atoms with Crippen LogP contribution in [0.3, 0.4) is 0 Å². The zero-order valence-electron chi connectivity index (χ0n) is 15.7. The van der Waals surface area contributed by atoms with Crippen LogP contribution < -0.4 is 4.72 Å². The Balaban J connectivity index is 2.16. The second-order valence-electron chi connectivity index (χ2n) is 7.31. The van der Waals surface area contributed by atoms with Crippen molar-refractivity contribution in [1.29, 1.82) is 0 Å². The predicted molar refractivity (Wildman–Crippen MR) is 108 cm³/mol. The molecule has 27 heavy (non-hydrogen) atoms. The van der Waals surface area contributed by atoms with Crippen LogP contribution in [0.25, 0.3) is 10.9 Å². The maximum Gasteiger partial charge on any atom is 0.268 e. The van der Waals surface area contributed by atoms with Gasteiger partial charge >= 0.3 is 0 Å². The summed E-state index contributed by atoms with van der Waals surface area (Å²) in [6, 6.07) is 11.3. The maximum absolute atomic E-state index is 13.4. The molecule has 0 amide bonds. The molecule has 0 fully saturated rings. The minimum absolute atomic E-state index is 0.199. The second kappa shape index (κ2) is 7.27. The molecule has 0 saturated heterocycles. The largest absolute Gasteiger partial charge is 0.598 e. The lowest BCUT2D eigenvalue weighted by atomic mass is 10.2. The van der Waals surface area contributed by atoms with Gasteiger partial charge < -0.3 is 4.55 Å². The average molecular weight is 406 g/mol. The molecule has 8 heteroatoms. The lowest BCUT2D eigenvalue weighted by molar-refractivity contribution is 0.527. The number of rotatable bonds is 5. The number of pyridine rings is 1. The lowest BCUT2D eigenvalue weighted by Gasteiger charge is -2.27. The highest BCUT2D eigenvalue weighted by atomic mass is 32.2. The molecule has 0 spiro atoms. The monoisotopic (exact) mass is 405 g/mol. The van der Waals surface area contributed by atoms with Crippen molar-refractivity contribution in [2.45, 2.75) is 43.4 Å². The molecular weight excluding hydrogens is 382 g/mol. The highest BCUT2D eigenvalue weighted by Crippen LogP contribution is 2.30. The van der Waals surface area contributed by atoms with Crippen molar-refractivity contribution in [2.75, 3.05) is 0 Å². The molecule has 1 aromatic carbocycles. The van der Waals surface area contributed by atoms with Crippen LogP contribution in [0.1, 0.15) is 39.4 Å². The molecule has 2 atom stereocenters. The van der Waals surface area contributed by atoms with E-state index in [2.05, 4.69) is 9.71 Å². The zero-order valence-corrected chi connectivity index (χ0v) is 17.3. The van der Waals surface area contributed by atoms with Crippen LogP contribution in [-0.2, 0) is 21.4 Å². The summed E-state index contributed by atoms with van der Waals surface area (Å²) in [5.41, 5.74) is 1.05. The first-order chi connectivity index (χ1) is 12.6. The summed E-state index contributed by atoms with van der Waals surface area (Å²) in [5, 5.41) is 0.710. The second-order valence-corrected chi connectivity index (χ2v) is 11.1. The SMILES string of the molecule is CC(N[S@+]([O-])C(C)(C)C)c1cc2cnccc2n1S(=O)(=O)c1ccccc1. The van der Waals surface area contributed by atoms with Gasteiger partial charge in [0.2, 0.25) is 0 Å². The van der Waals surface area contributed by atoms with Crippen LogP contribution in [0.15, 0.2) is 59.8 Å². The van der Waals surface area contributed by atoms with Gasteiger partial charge in [-0.05, 0) is 52.0 Å². The fraction of sp³-hybridized carbons (Fsp3) is 0.316. The fourth-order valence-corrected chi connectivity index (χ4v) is 5.14. The normalized spacial score (nSPS) is 15.0.